The van der Waals surface area contributed by atoms with Gasteiger partial charge in [-0.15, -0.1) is 0 Å². The summed E-state index contributed by atoms with van der Waals surface area (Å²) in [7, 11) is 1.38. The summed E-state index contributed by atoms with van der Waals surface area (Å²) >= 11 is 0. The largest absolute Gasteiger partial charge is 0.494 e. The summed E-state index contributed by atoms with van der Waals surface area (Å²) in [5.41, 5.74) is 1.30. The van der Waals surface area contributed by atoms with Gasteiger partial charge in [-0.25, -0.2) is 9.18 Å². The van der Waals surface area contributed by atoms with Gasteiger partial charge < -0.3 is 19.7 Å². The molecular formula is C19H19FN2O4. The van der Waals surface area contributed by atoms with Gasteiger partial charge in [-0.3, -0.25) is 4.79 Å². The van der Waals surface area contributed by atoms with Crippen molar-refractivity contribution < 1.29 is 23.5 Å². The van der Waals surface area contributed by atoms with Crippen LogP contribution in [0.15, 0.2) is 48.5 Å². The molecule has 1 unspecified atom stereocenters. The first kappa shape index (κ1) is 17.7. The van der Waals surface area contributed by atoms with Gasteiger partial charge in [0.25, 0.3) is 0 Å². The van der Waals surface area contributed by atoms with Gasteiger partial charge in [0.05, 0.1) is 13.2 Å². The highest BCUT2D eigenvalue weighted by molar-refractivity contribution is 5.96. The minimum absolute atomic E-state index is 0.111. The highest BCUT2D eigenvalue weighted by Crippen LogP contribution is 2.26. The molecule has 3 rings (SSSR count). The second kappa shape index (κ2) is 7.86. The smallest absolute Gasteiger partial charge is 0.407 e. The fraction of sp³-hybridized carbons (Fsp3) is 0.263. The van der Waals surface area contributed by atoms with Crippen molar-refractivity contribution in [3.63, 3.8) is 0 Å². The van der Waals surface area contributed by atoms with E-state index in [1.54, 1.807) is 6.07 Å². The van der Waals surface area contributed by atoms with Gasteiger partial charge in [-0.1, -0.05) is 30.3 Å². The molecule has 7 heteroatoms. The highest BCUT2D eigenvalue weighted by atomic mass is 19.1. The summed E-state index contributed by atoms with van der Waals surface area (Å²) in [5.74, 6) is -0.626. The molecule has 2 amide bonds. The lowest BCUT2D eigenvalue weighted by Gasteiger charge is -2.18. The van der Waals surface area contributed by atoms with E-state index < -0.39 is 18.0 Å². The van der Waals surface area contributed by atoms with Crippen molar-refractivity contribution in [1.82, 2.24) is 5.32 Å². The predicted molar refractivity (Wildman–Crippen MR) is 93.5 cm³/mol. The Morgan fingerprint density at radius 3 is 2.73 bits per heavy atom. The van der Waals surface area contributed by atoms with Gasteiger partial charge in [0, 0.05) is 24.7 Å². The second-order valence-corrected chi connectivity index (χ2v) is 5.93. The average molecular weight is 358 g/mol. The Labute approximate surface area is 150 Å². The third-order valence-electron chi connectivity index (χ3n) is 4.11. The van der Waals surface area contributed by atoms with Crippen molar-refractivity contribution >= 4 is 17.7 Å². The summed E-state index contributed by atoms with van der Waals surface area (Å²) in [4.78, 5) is 25.5. The number of methoxy groups -OCH3 is 1. The number of hydrogen-bond donors (Lipinski definition) is 1. The van der Waals surface area contributed by atoms with E-state index in [1.165, 1.54) is 24.1 Å². The van der Waals surface area contributed by atoms with Gasteiger partial charge in [0.2, 0.25) is 5.91 Å². The Morgan fingerprint density at radius 1 is 1.27 bits per heavy atom. The average Bonchev–Trinajstić information content (AvgIpc) is 3.01. The van der Waals surface area contributed by atoms with Crippen molar-refractivity contribution in [2.45, 2.75) is 19.1 Å². The van der Waals surface area contributed by atoms with Crippen LogP contribution in [0.4, 0.5) is 14.9 Å². The number of nitrogens with one attached hydrogen (secondary N) is 1. The number of anilines is 1. The Bertz CT molecular complexity index is 797. The number of rotatable bonds is 5. The van der Waals surface area contributed by atoms with Gasteiger partial charge in [-0.2, -0.15) is 0 Å². The lowest BCUT2D eigenvalue weighted by atomic mass is 10.2. The zero-order chi connectivity index (χ0) is 18.5. The van der Waals surface area contributed by atoms with E-state index >= 15 is 0 Å². The highest BCUT2D eigenvalue weighted by Gasteiger charge is 2.32. The molecule has 0 radical (unpaired) electrons. The van der Waals surface area contributed by atoms with Gasteiger partial charge >= 0.3 is 6.09 Å². The standard InChI is InChI=1S/C19H19FN2O4/c1-25-17-8-7-15(10-16(17)20)22-11-14(9-18(22)23)21-19(24)26-12-13-5-3-2-4-6-13/h2-8,10,14H,9,11-12H2,1H3,(H,21,24). The molecule has 0 aliphatic carbocycles. The molecule has 1 N–H and O–H groups in total. The maximum absolute atomic E-state index is 13.8. The van der Waals surface area contributed by atoms with Gasteiger partial charge in [0.1, 0.15) is 6.61 Å². The number of hydrogen-bond acceptors (Lipinski definition) is 4. The molecule has 136 valence electrons. The van der Waals surface area contributed by atoms with Gasteiger partial charge in [0.15, 0.2) is 11.6 Å². The Hall–Kier alpha value is -3.09. The quantitative estimate of drug-likeness (QED) is 0.892. The van der Waals surface area contributed by atoms with Crippen LogP contribution in [0, 0.1) is 5.82 Å². The number of benzene rings is 2. The maximum Gasteiger partial charge on any atom is 0.407 e. The minimum atomic E-state index is -0.589. The van der Waals surface area contributed by atoms with Crippen molar-refractivity contribution in [3.05, 3.63) is 59.9 Å². The SMILES string of the molecule is COc1ccc(N2CC(NC(=O)OCc3ccccc3)CC2=O)cc1F. The molecular weight excluding hydrogens is 339 g/mol. The number of carbonyl (C=O) groups is 2. The van der Waals surface area contributed by atoms with Crippen LogP contribution in [0.5, 0.6) is 5.75 Å². The molecule has 2 aromatic carbocycles. The number of halogens is 1. The Morgan fingerprint density at radius 2 is 2.04 bits per heavy atom. The first-order valence-corrected chi connectivity index (χ1v) is 8.18. The van der Waals surface area contributed by atoms with Crippen LogP contribution in [0.25, 0.3) is 0 Å². The summed E-state index contributed by atoms with van der Waals surface area (Å²) in [5, 5.41) is 2.67. The summed E-state index contributed by atoms with van der Waals surface area (Å²) in [6, 6.07) is 13.2. The predicted octanol–water partition coefficient (Wildman–Crippen LogP) is 2.87. The molecule has 1 saturated heterocycles. The molecule has 1 fully saturated rings. The number of alkyl carbamates (subject to hydrolysis) is 1. The molecule has 1 atom stereocenters. The third-order valence-corrected chi connectivity index (χ3v) is 4.11. The number of amides is 2. The Balaban J connectivity index is 1.55. The van der Waals surface area contributed by atoms with E-state index in [4.69, 9.17) is 9.47 Å². The second-order valence-electron chi connectivity index (χ2n) is 5.93. The van der Waals surface area contributed by atoms with Crippen molar-refractivity contribution in [3.8, 4) is 5.75 Å². The monoisotopic (exact) mass is 358 g/mol. The molecule has 26 heavy (non-hydrogen) atoms. The zero-order valence-corrected chi connectivity index (χ0v) is 14.3. The molecule has 2 aromatic rings. The summed E-state index contributed by atoms with van der Waals surface area (Å²) in [6.45, 7) is 0.409. The minimum Gasteiger partial charge on any atom is -0.494 e. The van der Waals surface area contributed by atoms with E-state index in [1.807, 2.05) is 30.3 Å². The summed E-state index contributed by atoms with van der Waals surface area (Å²) in [6.07, 6.45) is -0.455. The van der Waals surface area contributed by atoms with Crippen LogP contribution in [-0.4, -0.2) is 31.7 Å². The van der Waals surface area contributed by atoms with E-state index in [2.05, 4.69) is 5.32 Å². The van der Waals surface area contributed by atoms with Crippen LogP contribution in [0.2, 0.25) is 0 Å². The van der Waals surface area contributed by atoms with Crippen LogP contribution >= 0.6 is 0 Å². The van der Waals surface area contributed by atoms with Crippen LogP contribution in [-0.2, 0) is 16.1 Å². The topological polar surface area (TPSA) is 67.9 Å². The first-order valence-electron chi connectivity index (χ1n) is 8.18. The fourth-order valence-electron chi connectivity index (χ4n) is 2.81. The molecule has 6 nitrogen and oxygen atoms in total. The molecule has 0 saturated carbocycles. The van der Waals surface area contributed by atoms with Crippen LogP contribution in [0.1, 0.15) is 12.0 Å². The molecule has 1 heterocycles. The molecule has 1 aliphatic heterocycles. The molecule has 1 aliphatic rings. The van der Waals surface area contributed by atoms with Gasteiger partial charge in [-0.05, 0) is 17.7 Å². The fourth-order valence-corrected chi connectivity index (χ4v) is 2.81. The zero-order valence-electron chi connectivity index (χ0n) is 14.3. The molecule has 0 bridgehead atoms. The Kier molecular flexibility index (Phi) is 5.36. The maximum atomic E-state index is 13.8. The molecule has 0 spiro atoms. The number of carbonyl (C=O) groups excluding carboxylic acids is 2. The number of nitrogens with zero attached hydrogens (tertiary/aromatic N) is 1. The van der Waals surface area contributed by atoms with Crippen molar-refractivity contribution in [1.29, 1.82) is 0 Å². The van der Waals surface area contributed by atoms with Crippen molar-refractivity contribution in [2.24, 2.45) is 0 Å². The molecule has 0 aromatic heterocycles. The van der Waals surface area contributed by atoms with Crippen LogP contribution in [0.3, 0.4) is 0 Å². The lowest BCUT2D eigenvalue weighted by molar-refractivity contribution is -0.117. The number of ether oxygens (including phenoxy) is 2. The van der Waals surface area contributed by atoms with E-state index in [0.29, 0.717) is 5.69 Å². The van der Waals surface area contributed by atoms with E-state index in [-0.39, 0.29) is 31.2 Å². The lowest BCUT2D eigenvalue weighted by Crippen LogP contribution is -2.37. The normalized spacial score (nSPS) is 16.5. The van der Waals surface area contributed by atoms with Crippen LogP contribution < -0.4 is 15.0 Å². The van der Waals surface area contributed by atoms with Crippen molar-refractivity contribution in [2.75, 3.05) is 18.6 Å². The first-order chi connectivity index (χ1) is 12.6. The van der Waals surface area contributed by atoms with E-state index in [9.17, 15) is 14.0 Å². The third kappa shape index (κ3) is 4.11. The van der Waals surface area contributed by atoms with E-state index in [0.717, 1.165) is 5.56 Å². The summed E-state index contributed by atoms with van der Waals surface area (Å²) < 4.78 is 23.9.